The van der Waals surface area contributed by atoms with Gasteiger partial charge in [0.2, 0.25) is 10.0 Å². The number of carbonyl (C=O) groups is 1. The summed E-state index contributed by atoms with van der Waals surface area (Å²) in [5, 5.41) is 8.41. The summed E-state index contributed by atoms with van der Waals surface area (Å²) in [6.45, 7) is 1.66. The predicted molar refractivity (Wildman–Crippen MR) is 60.9 cm³/mol. The van der Waals surface area contributed by atoms with Crippen molar-refractivity contribution in [1.82, 2.24) is 4.72 Å². The highest BCUT2D eigenvalue weighted by molar-refractivity contribution is 7.89. The number of carboxylic acids is 1. The molecule has 0 saturated heterocycles. The zero-order valence-electron chi connectivity index (χ0n) is 9.42. The highest BCUT2D eigenvalue weighted by Gasteiger charge is 2.17. The average molecular weight is 261 g/mol. The van der Waals surface area contributed by atoms with Gasteiger partial charge in [0, 0.05) is 6.42 Å². The van der Waals surface area contributed by atoms with Crippen molar-refractivity contribution in [3.8, 4) is 0 Å². The molecule has 0 aliphatic heterocycles. The lowest BCUT2D eigenvalue weighted by Crippen LogP contribution is -2.29. The van der Waals surface area contributed by atoms with E-state index in [0.717, 1.165) is 0 Å². The second kappa shape index (κ2) is 5.83. The molecule has 1 unspecified atom stereocenters. The van der Waals surface area contributed by atoms with Gasteiger partial charge in [0.15, 0.2) is 0 Å². The molecule has 17 heavy (non-hydrogen) atoms. The highest BCUT2D eigenvalue weighted by Crippen LogP contribution is 2.13. The van der Waals surface area contributed by atoms with Crippen molar-refractivity contribution < 1.29 is 22.7 Å². The summed E-state index contributed by atoms with van der Waals surface area (Å²) in [6, 6.07) is 2.88. The quantitative estimate of drug-likeness (QED) is 0.766. The van der Waals surface area contributed by atoms with E-state index < -0.39 is 22.0 Å². The number of furan rings is 1. The van der Waals surface area contributed by atoms with Crippen LogP contribution in [0.3, 0.4) is 0 Å². The maximum absolute atomic E-state index is 11.6. The van der Waals surface area contributed by atoms with Gasteiger partial charge < -0.3 is 9.52 Å². The SMILES string of the molecule is CC(NS(=O)(=O)CCCC(=O)O)c1ccco1. The lowest BCUT2D eigenvalue weighted by Gasteiger charge is -2.11. The first-order valence-corrected chi connectivity index (χ1v) is 6.81. The number of hydrogen-bond donors (Lipinski definition) is 2. The van der Waals surface area contributed by atoms with Gasteiger partial charge in [0.25, 0.3) is 0 Å². The second-order valence-corrected chi connectivity index (χ2v) is 5.54. The van der Waals surface area contributed by atoms with Crippen LogP contribution in [-0.4, -0.2) is 25.2 Å². The van der Waals surface area contributed by atoms with E-state index in [2.05, 4.69) is 4.72 Å². The Morgan fingerprint density at radius 2 is 2.29 bits per heavy atom. The minimum atomic E-state index is -3.48. The molecule has 1 atom stereocenters. The molecule has 0 radical (unpaired) electrons. The van der Waals surface area contributed by atoms with Crippen LogP contribution >= 0.6 is 0 Å². The fourth-order valence-electron chi connectivity index (χ4n) is 1.34. The zero-order valence-corrected chi connectivity index (χ0v) is 10.2. The van der Waals surface area contributed by atoms with E-state index in [4.69, 9.17) is 9.52 Å². The van der Waals surface area contributed by atoms with Crippen molar-refractivity contribution in [1.29, 1.82) is 0 Å². The third-order valence-corrected chi connectivity index (χ3v) is 3.67. The first-order valence-electron chi connectivity index (χ1n) is 5.16. The summed E-state index contributed by atoms with van der Waals surface area (Å²) < 4.78 is 30.6. The van der Waals surface area contributed by atoms with E-state index >= 15 is 0 Å². The van der Waals surface area contributed by atoms with Gasteiger partial charge in [-0.2, -0.15) is 0 Å². The molecule has 2 N–H and O–H groups in total. The number of aliphatic carboxylic acids is 1. The number of nitrogens with one attached hydrogen (secondary N) is 1. The minimum absolute atomic E-state index is 0.0928. The van der Waals surface area contributed by atoms with Gasteiger partial charge >= 0.3 is 5.97 Å². The topological polar surface area (TPSA) is 96.6 Å². The summed E-state index contributed by atoms with van der Waals surface area (Å²) in [7, 11) is -3.48. The molecule has 0 amide bonds. The molecule has 0 aromatic carbocycles. The van der Waals surface area contributed by atoms with Crippen molar-refractivity contribution in [2.45, 2.75) is 25.8 Å². The normalized spacial score (nSPS) is 13.5. The van der Waals surface area contributed by atoms with Crippen LogP contribution in [-0.2, 0) is 14.8 Å². The van der Waals surface area contributed by atoms with E-state index in [1.807, 2.05) is 0 Å². The summed E-state index contributed by atoms with van der Waals surface area (Å²) >= 11 is 0. The van der Waals surface area contributed by atoms with Gasteiger partial charge in [-0.05, 0) is 25.5 Å². The fraction of sp³-hybridized carbons (Fsp3) is 0.500. The van der Waals surface area contributed by atoms with Crippen molar-refractivity contribution in [3.05, 3.63) is 24.2 Å². The van der Waals surface area contributed by atoms with Gasteiger partial charge in [0.05, 0.1) is 18.1 Å². The molecule has 1 aromatic rings. The van der Waals surface area contributed by atoms with E-state index in [1.54, 1.807) is 19.1 Å². The molecule has 0 spiro atoms. The second-order valence-electron chi connectivity index (χ2n) is 3.67. The molecule has 1 heterocycles. The standard InChI is InChI=1S/C10H15NO5S/c1-8(9-4-2-6-16-9)11-17(14,15)7-3-5-10(12)13/h2,4,6,8,11H,3,5,7H2,1H3,(H,12,13). The third kappa shape index (κ3) is 5.01. The van der Waals surface area contributed by atoms with Crippen LogP contribution in [0.2, 0.25) is 0 Å². The van der Waals surface area contributed by atoms with Crippen LogP contribution in [0.5, 0.6) is 0 Å². The Bertz CT molecular complexity index is 451. The summed E-state index contributed by atoms with van der Waals surface area (Å²) in [5.74, 6) is -0.684. The van der Waals surface area contributed by atoms with Crippen LogP contribution < -0.4 is 4.72 Å². The Hall–Kier alpha value is -1.34. The molecule has 6 nitrogen and oxygen atoms in total. The fourth-order valence-corrected chi connectivity index (χ4v) is 2.63. The van der Waals surface area contributed by atoms with Crippen LogP contribution in [0.15, 0.2) is 22.8 Å². The largest absolute Gasteiger partial charge is 0.481 e. The van der Waals surface area contributed by atoms with E-state index in [9.17, 15) is 13.2 Å². The zero-order chi connectivity index (χ0) is 12.9. The predicted octanol–water partition coefficient (Wildman–Crippen LogP) is 1.12. The lowest BCUT2D eigenvalue weighted by molar-refractivity contribution is -0.137. The summed E-state index contributed by atoms with van der Waals surface area (Å²) in [6.07, 6.45) is 1.40. The number of sulfonamides is 1. The molecule has 0 aliphatic rings. The maximum atomic E-state index is 11.6. The molecule has 1 aromatic heterocycles. The molecular weight excluding hydrogens is 246 g/mol. The first-order chi connectivity index (χ1) is 7.91. The number of hydrogen-bond acceptors (Lipinski definition) is 4. The van der Waals surface area contributed by atoms with Crippen molar-refractivity contribution in [2.75, 3.05) is 5.75 Å². The molecule has 7 heteroatoms. The van der Waals surface area contributed by atoms with Crippen LogP contribution in [0.1, 0.15) is 31.6 Å². The van der Waals surface area contributed by atoms with E-state index in [0.29, 0.717) is 5.76 Å². The monoisotopic (exact) mass is 261 g/mol. The van der Waals surface area contributed by atoms with Gasteiger partial charge in [-0.15, -0.1) is 0 Å². The van der Waals surface area contributed by atoms with Gasteiger partial charge in [0.1, 0.15) is 5.76 Å². The van der Waals surface area contributed by atoms with Crippen molar-refractivity contribution in [2.24, 2.45) is 0 Å². The van der Waals surface area contributed by atoms with Crippen LogP contribution in [0.4, 0.5) is 0 Å². The van der Waals surface area contributed by atoms with Gasteiger partial charge in [-0.1, -0.05) is 0 Å². The molecule has 0 fully saturated rings. The third-order valence-electron chi connectivity index (χ3n) is 2.13. The summed E-state index contributed by atoms with van der Waals surface area (Å²) in [4.78, 5) is 10.3. The lowest BCUT2D eigenvalue weighted by atomic mass is 10.3. The molecule has 0 bridgehead atoms. The Labute approximate surface area is 99.7 Å². The summed E-state index contributed by atoms with van der Waals surface area (Å²) in [5.41, 5.74) is 0. The Morgan fingerprint density at radius 3 is 2.82 bits per heavy atom. The Balaban J connectivity index is 2.46. The first kappa shape index (κ1) is 13.7. The maximum Gasteiger partial charge on any atom is 0.303 e. The average Bonchev–Trinajstić information content (AvgIpc) is 2.68. The molecule has 0 saturated carbocycles. The van der Waals surface area contributed by atoms with Crippen LogP contribution in [0, 0.1) is 0 Å². The molecule has 96 valence electrons. The number of rotatable bonds is 7. The van der Waals surface area contributed by atoms with Crippen LogP contribution in [0.25, 0.3) is 0 Å². The Kier molecular flexibility index (Phi) is 4.71. The molecular formula is C10H15NO5S. The van der Waals surface area contributed by atoms with Crippen molar-refractivity contribution in [3.63, 3.8) is 0 Å². The van der Waals surface area contributed by atoms with Gasteiger partial charge in [-0.3, -0.25) is 4.79 Å². The van der Waals surface area contributed by atoms with Crippen molar-refractivity contribution >= 4 is 16.0 Å². The van der Waals surface area contributed by atoms with E-state index in [-0.39, 0.29) is 18.6 Å². The Morgan fingerprint density at radius 1 is 1.59 bits per heavy atom. The molecule has 1 rings (SSSR count). The number of carboxylic acid groups (broad SMARTS) is 1. The smallest absolute Gasteiger partial charge is 0.303 e. The minimum Gasteiger partial charge on any atom is -0.481 e. The molecule has 0 aliphatic carbocycles. The highest BCUT2D eigenvalue weighted by atomic mass is 32.2. The van der Waals surface area contributed by atoms with Gasteiger partial charge in [-0.25, -0.2) is 13.1 Å². The van der Waals surface area contributed by atoms with E-state index in [1.165, 1.54) is 6.26 Å².